The first-order valence-electron chi connectivity index (χ1n) is 6.64. The molecule has 3 N–H and O–H groups in total. The molecule has 6 heteroatoms. The second-order valence-electron chi connectivity index (χ2n) is 5.24. The molecule has 1 amide bonds. The van der Waals surface area contributed by atoms with Gasteiger partial charge in [-0.15, -0.1) is 0 Å². The van der Waals surface area contributed by atoms with Crippen molar-refractivity contribution in [2.24, 2.45) is 11.1 Å². The van der Waals surface area contributed by atoms with E-state index in [1.807, 2.05) is 0 Å². The highest BCUT2D eigenvalue weighted by molar-refractivity contribution is 9.10. The van der Waals surface area contributed by atoms with E-state index in [9.17, 15) is 13.6 Å². The molecular weight excluding hydrogens is 330 g/mol. The van der Waals surface area contributed by atoms with E-state index in [-0.39, 0.29) is 22.6 Å². The Bertz CT molecular complexity index is 493. The molecule has 1 fully saturated rings. The minimum absolute atomic E-state index is 0.0326. The van der Waals surface area contributed by atoms with Crippen molar-refractivity contribution in [3.63, 3.8) is 0 Å². The summed E-state index contributed by atoms with van der Waals surface area (Å²) in [7, 11) is 0. The molecule has 1 aliphatic rings. The van der Waals surface area contributed by atoms with Gasteiger partial charge in [0.1, 0.15) is 5.82 Å². The highest BCUT2D eigenvalue weighted by Crippen LogP contribution is 2.37. The van der Waals surface area contributed by atoms with Gasteiger partial charge in [0.05, 0.1) is 11.1 Å². The van der Waals surface area contributed by atoms with Crippen LogP contribution in [0.25, 0.3) is 0 Å². The van der Waals surface area contributed by atoms with E-state index < -0.39 is 17.0 Å². The summed E-state index contributed by atoms with van der Waals surface area (Å²) in [6, 6.07) is 1.87. The van der Waals surface area contributed by atoms with Gasteiger partial charge in [-0.3, -0.25) is 4.79 Å². The SMILES string of the molecule is NCC1(C(=O)Nc2c(F)cc(F)cc2Br)CCCCC1. The van der Waals surface area contributed by atoms with Crippen molar-refractivity contribution in [3.8, 4) is 0 Å². The van der Waals surface area contributed by atoms with Gasteiger partial charge in [-0.2, -0.15) is 0 Å². The number of halogens is 3. The lowest BCUT2D eigenvalue weighted by Crippen LogP contribution is -2.44. The third kappa shape index (κ3) is 3.01. The minimum Gasteiger partial charge on any atom is -0.329 e. The van der Waals surface area contributed by atoms with Crippen molar-refractivity contribution in [1.82, 2.24) is 0 Å². The van der Waals surface area contributed by atoms with Gasteiger partial charge >= 0.3 is 0 Å². The summed E-state index contributed by atoms with van der Waals surface area (Å²) in [5.41, 5.74) is 5.09. The molecule has 0 radical (unpaired) electrons. The molecule has 1 aromatic rings. The van der Waals surface area contributed by atoms with E-state index in [4.69, 9.17) is 5.73 Å². The van der Waals surface area contributed by atoms with Crippen LogP contribution in [0.4, 0.5) is 14.5 Å². The van der Waals surface area contributed by atoms with Crippen LogP contribution >= 0.6 is 15.9 Å². The van der Waals surface area contributed by atoms with E-state index >= 15 is 0 Å². The van der Waals surface area contributed by atoms with Crippen LogP contribution in [-0.4, -0.2) is 12.5 Å². The van der Waals surface area contributed by atoms with Crippen LogP contribution < -0.4 is 11.1 Å². The normalized spacial score (nSPS) is 17.8. The summed E-state index contributed by atoms with van der Waals surface area (Å²) < 4.78 is 27.0. The van der Waals surface area contributed by atoms with Crippen molar-refractivity contribution in [2.45, 2.75) is 32.1 Å². The predicted molar refractivity (Wildman–Crippen MR) is 77.3 cm³/mol. The largest absolute Gasteiger partial charge is 0.329 e. The van der Waals surface area contributed by atoms with Crippen LogP contribution in [0.1, 0.15) is 32.1 Å². The zero-order valence-electron chi connectivity index (χ0n) is 11.0. The Labute approximate surface area is 125 Å². The van der Waals surface area contributed by atoms with Crippen molar-refractivity contribution >= 4 is 27.5 Å². The summed E-state index contributed by atoms with van der Waals surface area (Å²) in [6.07, 6.45) is 4.38. The predicted octanol–water partition coefficient (Wildman–Crippen LogP) is 3.58. The Kier molecular flexibility index (Phi) is 4.75. The van der Waals surface area contributed by atoms with Crippen molar-refractivity contribution in [1.29, 1.82) is 0 Å². The lowest BCUT2D eigenvalue weighted by atomic mass is 9.73. The monoisotopic (exact) mass is 346 g/mol. The Balaban J connectivity index is 2.23. The maximum Gasteiger partial charge on any atom is 0.231 e. The molecule has 0 heterocycles. The minimum atomic E-state index is -0.798. The molecule has 2 rings (SSSR count). The number of benzene rings is 1. The number of anilines is 1. The number of nitrogens with two attached hydrogens (primary N) is 1. The van der Waals surface area contributed by atoms with Crippen molar-refractivity contribution < 1.29 is 13.6 Å². The number of nitrogens with one attached hydrogen (secondary N) is 1. The Morgan fingerprint density at radius 3 is 2.50 bits per heavy atom. The Morgan fingerprint density at radius 2 is 1.95 bits per heavy atom. The molecule has 0 unspecified atom stereocenters. The van der Waals surface area contributed by atoms with Crippen LogP contribution in [0.2, 0.25) is 0 Å². The molecule has 0 saturated heterocycles. The van der Waals surface area contributed by atoms with Gasteiger partial charge in [0.2, 0.25) is 5.91 Å². The van der Waals surface area contributed by atoms with Gasteiger partial charge < -0.3 is 11.1 Å². The second kappa shape index (κ2) is 6.18. The molecule has 0 bridgehead atoms. The van der Waals surface area contributed by atoms with E-state index in [0.29, 0.717) is 12.8 Å². The number of amides is 1. The van der Waals surface area contributed by atoms with E-state index in [1.165, 1.54) is 0 Å². The Morgan fingerprint density at radius 1 is 1.30 bits per heavy atom. The fourth-order valence-electron chi connectivity index (χ4n) is 2.66. The van der Waals surface area contributed by atoms with E-state index in [0.717, 1.165) is 31.4 Å². The van der Waals surface area contributed by atoms with E-state index in [2.05, 4.69) is 21.2 Å². The number of hydrogen-bond acceptors (Lipinski definition) is 2. The van der Waals surface area contributed by atoms with Gasteiger partial charge in [-0.1, -0.05) is 19.3 Å². The lowest BCUT2D eigenvalue weighted by Gasteiger charge is -2.34. The maximum atomic E-state index is 13.8. The fourth-order valence-corrected chi connectivity index (χ4v) is 3.17. The molecular formula is C14H17BrF2N2O. The molecule has 0 aliphatic heterocycles. The number of rotatable bonds is 3. The molecule has 1 aliphatic carbocycles. The van der Waals surface area contributed by atoms with Crippen LogP contribution in [0, 0.1) is 17.0 Å². The first-order valence-corrected chi connectivity index (χ1v) is 7.44. The topological polar surface area (TPSA) is 55.1 Å². The summed E-state index contributed by atoms with van der Waals surface area (Å²) in [6.45, 7) is 0.235. The summed E-state index contributed by atoms with van der Waals surface area (Å²) in [5.74, 6) is -1.78. The zero-order valence-corrected chi connectivity index (χ0v) is 12.6. The smallest absolute Gasteiger partial charge is 0.231 e. The zero-order chi connectivity index (χ0) is 14.8. The van der Waals surface area contributed by atoms with Gasteiger partial charge in [0.25, 0.3) is 0 Å². The molecule has 1 saturated carbocycles. The Hall–Kier alpha value is -1.01. The molecule has 1 aromatic carbocycles. The second-order valence-corrected chi connectivity index (χ2v) is 6.10. The molecule has 110 valence electrons. The van der Waals surface area contributed by atoms with Gasteiger partial charge in [0, 0.05) is 17.1 Å². The molecule has 3 nitrogen and oxygen atoms in total. The summed E-state index contributed by atoms with van der Waals surface area (Å²) >= 11 is 3.06. The van der Waals surface area contributed by atoms with Gasteiger partial charge in [-0.05, 0) is 34.8 Å². The number of carbonyl (C=O) groups is 1. The quantitative estimate of drug-likeness (QED) is 0.878. The number of hydrogen-bond donors (Lipinski definition) is 2. The van der Waals surface area contributed by atoms with Crippen LogP contribution in [0.15, 0.2) is 16.6 Å². The molecule has 0 aromatic heterocycles. The molecule has 0 atom stereocenters. The van der Waals surface area contributed by atoms with Crippen LogP contribution in [0.3, 0.4) is 0 Å². The molecule has 20 heavy (non-hydrogen) atoms. The van der Waals surface area contributed by atoms with Crippen molar-refractivity contribution in [3.05, 3.63) is 28.2 Å². The first kappa shape index (κ1) is 15.4. The number of carbonyl (C=O) groups excluding carboxylic acids is 1. The standard InChI is InChI=1S/C14H17BrF2N2O/c15-10-6-9(16)7-11(17)12(10)19-13(20)14(8-18)4-2-1-3-5-14/h6-7H,1-5,8,18H2,(H,19,20). The van der Waals surface area contributed by atoms with Crippen LogP contribution in [0.5, 0.6) is 0 Å². The third-order valence-corrected chi connectivity index (χ3v) is 4.55. The molecule has 0 spiro atoms. The lowest BCUT2D eigenvalue weighted by molar-refractivity contribution is -0.126. The summed E-state index contributed by atoms with van der Waals surface area (Å²) in [4.78, 5) is 12.4. The van der Waals surface area contributed by atoms with E-state index in [1.54, 1.807) is 0 Å². The average Bonchev–Trinajstić information content (AvgIpc) is 2.43. The summed E-state index contributed by atoms with van der Waals surface area (Å²) in [5, 5.41) is 2.56. The highest BCUT2D eigenvalue weighted by Gasteiger charge is 2.38. The fraction of sp³-hybridized carbons (Fsp3) is 0.500. The highest BCUT2D eigenvalue weighted by atomic mass is 79.9. The van der Waals surface area contributed by atoms with Crippen molar-refractivity contribution in [2.75, 3.05) is 11.9 Å². The van der Waals surface area contributed by atoms with Gasteiger partial charge in [0.15, 0.2) is 5.82 Å². The van der Waals surface area contributed by atoms with Gasteiger partial charge in [-0.25, -0.2) is 8.78 Å². The van der Waals surface area contributed by atoms with Crippen LogP contribution in [-0.2, 0) is 4.79 Å². The maximum absolute atomic E-state index is 13.8. The third-order valence-electron chi connectivity index (χ3n) is 3.93. The average molecular weight is 347 g/mol. The first-order chi connectivity index (χ1) is 9.48.